The number of nitrogens with one attached hydrogen (secondary N) is 4. The van der Waals surface area contributed by atoms with E-state index < -0.39 is 11.6 Å². The van der Waals surface area contributed by atoms with Gasteiger partial charge >= 0.3 is 5.97 Å². The molecule has 298 valence electrons. The van der Waals surface area contributed by atoms with Crippen molar-refractivity contribution in [3.63, 3.8) is 0 Å². The number of phenolic OH excluding ortho intramolecular Hbond substituents is 1. The molecule has 2 unspecified atom stereocenters. The highest BCUT2D eigenvalue weighted by Gasteiger charge is 2.46. The van der Waals surface area contributed by atoms with E-state index in [0.717, 1.165) is 81.6 Å². The van der Waals surface area contributed by atoms with Crippen LogP contribution in [0.1, 0.15) is 74.3 Å². The molecule has 5 aromatic rings. The molecule has 1 aliphatic heterocycles. The molecule has 1 fully saturated rings. The molecule has 6 N–H and O–H groups in total. The van der Waals surface area contributed by atoms with E-state index in [1.165, 1.54) is 33.9 Å². The van der Waals surface area contributed by atoms with Gasteiger partial charge in [0.05, 0.1) is 23.1 Å². The maximum Gasteiger partial charge on any atom is 0.331 e. The predicted molar refractivity (Wildman–Crippen MR) is 223 cm³/mol. The molecule has 0 saturated carbocycles. The lowest BCUT2D eigenvalue weighted by molar-refractivity contribution is -0.154. The number of piperidine rings is 1. The number of carbonyl (C=O) groups excluding carboxylic acids is 2. The number of likely N-dealkylation sites (tertiary alicyclic amines) is 1. The van der Waals surface area contributed by atoms with Gasteiger partial charge in [-0.3, -0.25) is 19.8 Å². The van der Waals surface area contributed by atoms with Crippen molar-refractivity contribution in [2.24, 2.45) is 5.92 Å². The number of pyridine rings is 1. The number of hydrogen-bond acceptors (Lipinski definition) is 12. The molecule has 2 aromatic carbocycles. The number of hydrogen-bond donors (Lipinski definition) is 6. The Morgan fingerprint density at radius 1 is 1.04 bits per heavy atom. The number of aromatic hydroxyl groups is 1. The van der Waals surface area contributed by atoms with Gasteiger partial charge in [-0.15, -0.1) is 22.7 Å². The largest absolute Gasteiger partial charge is 0.506 e. The fraction of sp³-hybridized carbons (Fsp3) is 0.419. The number of thiophene rings is 2. The number of carbonyl (C=O) groups is 2. The second kappa shape index (κ2) is 20.3. The summed E-state index contributed by atoms with van der Waals surface area (Å²) in [6, 6.07) is 22.4. The highest BCUT2D eigenvalue weighted by Crippen LogP contribution is 2.39. The minimum atomic E-state index is -0.832. The number of nitrogens with zero attached hydrogens (tertiary/aromatic N) is 1. The number of H-pyrrole nitrogens is 1. The Bertz CT molecular complexity index is 2080. The van der Waals surface area contributed by atoms with E-state index >= 15 is 0 Å². The number of esters is 1. The maximum absolute atomic E-state index is 13.6. The van der Waals surface area contributed by atoms with E-state index in [1.54, 1.807) is 12.1 Å². The molecule has 0 bridgehead atoms. The van der Waals surface area contributed by atoms with Crippen molar-refractivity contribution < 1.29 is 24.5 Å². The topological polar surface area (TPSA) is 156 Å². The first kappa shape index (κ1) is 41.4. The number of aromatic amines is 1. The summed E-state index contributed by atoms with van der Waals surface area (Å²) < 4.78 is 6.01. The van der Waals surface area contributed by atoms with Crippen molar-refractivity contribution >= 4 is 45.8 Å². The number of rotatable bonds is 17. The van der Waals surface area contributed by atoms with Crippen LogP contribution in [0.15, 0.2) is 83.0 Å². The van der Waals surface area contributed by atoms with E-state index in [2.05, 4.69) is 49.4 Å². The second-order valence-corrected chi connectivity index (χ2v) is 16.8. The lowest BCUT2D eigenvalue weighted by Crippen LogP contribution is -2.48. The summed E-state index contributed by atoms with van der Waals surface area (Å²) in [5, 5.41) is 32.8. The molecule has 4 heterocycles. The zero-order valence-electron chi connectivity index (χ0n) is 31.9. The van der Waals surface area contributed by atoms with Crippen LogP contribution in [0, 0.1) is 5.92 Å². The Kier molecular flexibility index (Phi) is 15.0. The third-order valence-electron chi connectivity index (χ3n) is 10.7. The van der Waals surface area contributed by atoms with Crippen LogP contribution in [0.4, 0.5) is 0 Å². The van der Waals surface area contributed by atoms with E-state index in [1.807, 2.05) is 48.7 Å². The summed E-state index contributed by atoms with van der Waals surface area (Å²) >= 11 is 3.27. The summed E-state index contributed by atoms with van der Waals surface area (Å²) in [5.74, 6) is 0.235. The molecule has 13 heteroatoms. The molecular weight excluding hydrogens is 747 g/mol. The van der Waals surface area contributed by atoms with E-state index in [-0.39, 0.29) is 17.3 Å². The van der Waals surface area contributed by atoms with Crippen LogP contribution in [-0.2, 0) is 34.6 Å². The first-order chi connectivity index (χ1) is 27.3. The van der Waals surface area contributed by atoms with Crippen LogP contribution in [0.3, 0.4) is 0 Å². The van der Waals surface area contributed by atoms with Gasteiger partial charge in [-0.05, 0) is 130 Å². The van der Waals surface area contributed by atoms with Crippen molar-refractivity contribution in [2.75, 3.05) is 46.4 Å². The van der Waals surface area contributed by atoms with Crippen molar-refractivity contribution in [3.05, 3.63) is 120 Å². The third-order valence-corrected chi connectivity index (χ3v) is 12.6. The summed E-state index contributed by atoms with van der Waals surface area (Å²) in [7, 11) is 1.93. The molecule has 0 amide bonds. The average molecular weight is 800 g/mol. The Morgan fingerprint density at radius 3 is 2.62 bits per heavy atom. The fourth-order valence-corrected chi connectivity index (χ4v) is 9.08. The van der Waals surface area contributed by atoms with Crippen LogP contribution in [0.2, 0.25) is 0 Å². The third kappa shape index (κ3) is 10.6. The number of unbranched alkanes of at least 4 members (excludes halogenated alkanes) is 1. The zero-order chi connectivity index (χ0) is 39.3. The van der Waals surface area contributed by atoms with Gasteiger partial charge in [-0.25, -0.2) is 4.79 Å². The van der Waals surface area contributed by atoms with E-state index in [4.69, 9.17) is 4.74 Å². The fourth-order valence-electron chi connectivity index (χ4n) is 7.57. The van der Waals surface area contributed by atoms with Gasteiger partial charge in [-0.2, -0.15) is 0 Å². The highest BCUT2D eigenvalue weighted by molar-refractivity contribution is 7.13. The summed E-state index contributed by atoms with van der Waals surface area (Å²) in [6.45, 7) is 6.37. The highest BCUT2D eigenvalue weighted by atomic mass is 32.1. The smallest absolute Gasteiger partial charge is 0.331 e. The monoisotopic (exact) mass is 799 g/mol. The maximum atomic E-state index is 13.6. The van der Waals surface area contributed by atoms with Crippen molar-refractivity contribution in [2.45, 2.75) is 63.3 Å². The van der Waals surface area contributed by atoms with Crippen molar-refractivity contribution in [3.8, 4) is 5.75 Å². The number of ether oxygens (including phenoxy) is 1. The molecule has 11 nitrogen and oxygen atoms in total. The minimum Gasteiger partial charge on any atom is -0.506 e. The van der Waals surface area contributed by atoms with Crippen LogP contribution in [0.25, 0.3) is 10.9 Å². The minimum absolute atomic E-state index is 0.00340. The summed E-state index contributed by atoms with van der Waals surface area (Å²) in [4.78, 5) is 44.3. The second-order valence-electron chi connectivity index (χ2n) is 14.6. The molecule has 1 saturated heterocycles. The first-order valence-electron chi connectivity index (χ1n) is 19.5. The SMILES string of the molecule is CNCCCCNCC(O)c1ccc(O)c2[nH]c(=O)ccc12.O=Cc1ccc(CNC2(C(=O)OCC3CCN(Cc4cccs4)CC3)CCc3ccccc32)s1. The molecule has 56 heavy (non-hydrogen) atoms. The normalized spacial score (nSPS) is 17.6. The number of aliphatic hydroxyl groups excluding tert-OH is 1. The van der Waals surface area contributed by atoms with Gasteiger partial charge in [0.15, 0.2) is 6.29 Å². The van der Waals surface area contributed by atoms with Gasteiger partial charge < -0.3 is 30.6 Å². The van der Waals surface area contributed by atoms with Crippen molar-refractivity contribution in [1.82, 2.24) is 25.8 Å². The number of aromatic nitrogens is 1. The molecule has 0 radical (unpaired) electrons. The zero-order valence-corrected chi connectivity index (χ0v) is 33.6. The number of phenols is 1. The molecule has 2 atom stereocenters. The van der Waals surface area contributed by atoms with Crippen LogP contribution in [-0.4, -0.2) is 78.7 Å². The van der Waals surface area contributed by atoms with Gasteiger partial charge in [0.1, 0.15) is 11.3 Å². The number of benzene rings is 2. The molecule has 2 aliphatic rings. The number of aldehydes is 1. The lowest BCUT2D eigenvalue weighted by atomic mass is 9.91. The summed E-state index contributed by atoms with van der Waals surface area (Å²) in [6.07, 6.45) is 5.95. The first-order valence-corrected chi connectivity index (χ1v) is 21.2. The van der Waals surface area contributed by atoms with Gasteiger partial charge in [0.25, 0.3) is 0 Å². The Labute approximate surface area is 336 Å². The van der Waals surface area contributed by atoms with Crippen LogP contribution < -0.4 is 21.5 Å². The Morgan fingerprint density at radius 2 is 1.86 bits per heavy atom. The molecular formula is C43H53N5O6S2. The van der Waals surface area contributed by atoms with Crippen LogP contribution >= 0.6 is 22.7 Å². The lowest BCUT2D eigenvalue weighted by Gasteiger charge is -2.33. The molecule has 3 aromatic heterocycles. The Hall–Kier alpha value is -4.21. The van der Waals surface area contributed by atoms with E-state index in [0.29, 0.717) is 53.4 Å². The molecule has 7 rings (SSSR count). The van der Waals surface area contributed by atoms with Crippen molar-refractivity contribution in [1.29, 1.82) is 0 Å². The molecule has 1 aliphatic carbocycles. The number of aryl methyl sites for hydroxylation is 1. The van der Waals surface area contributed by atoms with Crippen LogP contribution in [0.5, 0.6) is 5.75 Å². The predicted octanol–water partition coefficient (Wildman–Crippen LogP) is 5.87. The number of fused-ring (bicyclic) bond motifs is 2. The van der Waals surface area contributed by atoms with E-state index in [9.17, 15) is 24.6 Å². The van der Waals surface area contributed by atoms with Gasteiger partial charge in [0.2, 0.25) is 5.56 Å². The standard InChI is InChI=1S/C27H30N2O3S2.C16H23N3O3/c30-18-24-8-7-22(34-24)16-28-27(12-9-21-4-1-2-6-25(21)27)26(31)32-19-20-10-13-29(14-11-20)17-23-5-3-15-33-23;1-17-8-2-3-9-18-10-14(21)11-4-6-13(20)16-12(11)5-7-15(22)19-16/h1-8,15,18,20,28H,9-14,16-17,19H2;4-7,14,17-18,20-21H,2-3,8-10H2,1H3,(H,19,22). The summed E-state index contributed by atoms with van der Waals surface area (Å²) in [5.41, 5.74) is 2.16. The van der Waals surface area contributed by atoms with Gasteiger partial charge in [-0.1, -0.05) is 36.4 Å². The van der Waals surface area contributed by atoms with Gasteiger partial charge in [0, 0.05) is 40.8 Å². The number of aliphatic hydroxyl groups is 1. The average Bonchev–Trinajstić information content (AvgIpc) is 4.00. The Balaban J connectivity index is 0.000000209. The molecule has 0 spiro atoms. The quantitative estimate of drug-likeness (QED) is 0.0383.